The first kappa shape index (κ1) is 23.2. The smallest absolute Gasteiger partial charge is 0.416 e. The predicted molar refractivity (Wildman–Crippen MR) is 113 cm³/mol. The summed E-state index contributed by atoms with van der Waals surface area (Å²) >= 11 is 0. The number of methoxy groups -OCH3 is 2. The average Bonchev–Trinajstić information content (AvgIpc) is 2.77. The number of rotatable bonds is 8. The Labute approximate surface area is 181 Å². The number of halogens is 3. The fraction of sp³-hybridized carbons (Fsp3) is 0.478. The molecule has 1 aliphatic heterocycles. The van der Waals surface area contributed by atoms with E-state index in [4.69, 9.17) is 14.2 Å². The number of piperazine rings is 1. The van der Waals surface area contributed by atoms with Gasteiger partial charge in [0.15, 0.2) is 0 Å². The fourth-order valence-corrected chi connectivity index (χ4v) is 3.65. The van der Waals surface area contributed by atoms with Gasteiger partial charge in [-0.2, -0.15) is 13.2 Å². The van der Waals surface area contributed by atoms with E-state index >= 15 is 0 Å². The van der Waals surface area contributed by atoms with Crippen molar-refractivity contribution in [1.82, 2.24) is 9.80 Å². The van der Waals surface area contributed by atoms with Crippen molar-refractivity contribution in [2.45, 2.75) is 18.7 Å². The summed E-state index contributed by atoms with van der Waals surface area (Å²) in [6, 6.07) is 10.4. The molecule has 5 nitrogen and oxygen atoms in total. The predicted octanol–water partition coefficient (Wildman–Crippen LogP) is 4.48. The minimum atomic E-state index is -4.43. The maximum atomic E-state index is 13.2. The van der Waals surface area contributed by atoms with Crippen molar-refractivity contribution in [3.8, 4) is 17.2 Å². The summed E-state index contributed by atoms with van der Waals surface area (Å²) in [5.41, 5.74) is 0.00816. The highest BCUT2D eigenvalue weighted by Gasteiger charge is 2.31. The molecule has 1 fully saturated rings. The molecule has 170 valence electrons. The van der Waals surface area contributed by atoms with Gasteiger partial charge in [-0.1, -0.05) is 6.07 Å². The van der Waals surface area contributed by atoms with Crippen LogP contribution in [0, 0.1) is 0 Å². The molecule has 8 heteroatoms. The maximum absolute atomic E-state index is 13.2. The molecule has 0 spiro atoms. The first-order chi connectivity index (χ1) is 14.8. The van der Waals surface area contributed by atoms with E-state index in [0.717, 1.165) is 50.4 Å². The van der Waals surface area contributed by atoms with E-state index in [0.29, 0.717) is 17.9 Å². The lowest BCUT2D eigenvalue weighted by atomic mass is 10.0. The molecule has 3 rings (SSSR count). The Balaban J connectivity index is 1.86. The number of hydrogen-bond donors (Lipinski definition) is 0. The topological polar surface area (TPSA) is 34.2 Å². The third-order valence-electron chi connectivity index (χ3n) is 5.53. The number of nitrogens with zero attached hydrogens (tertiary/aromatic N) is 2. The van der Waals surface area contributed by atoms with Crippen LogP contribution in [0.3, 0.4) is 0 Å². The van der Waals surface area contributed by atoms with Crippen molar-refractivity contribution in [1.29, 1.82) is 0 Å². The summed E-state index contributed by atoms with van der Waals surface area (Å²) in [5, 5.41) is 0. The summed E-state index contributed by atoms with van der Waals surface area (Å²) in [5.74, 6) is 1.41. The number of hydrogen-bond acceptors (Lipinski definition) is 5. The summed E-state index contributed by atoms with van der Waals surface area (Å²) in [4.78, 5) is 4.62. The molecule has 1 heterocycles. The number of ether oxygens (including phenoxy) is 3. The Kier molecular flexibility index (Phi) is 7.67. The molecule has 2 aromatic carbocycles. The molecule has 1 saturated heterocycles. The van der Waals surface area contributed by atoms with Crippen LogP contribution in [-0.4, -0.2) is 63.8 Å². The SMILES string of the molecule is COc1ccc(OC)c([C@H](CCN2CCN(C)CC2)Oc2cccc(C(F)(F)F)c2)c1. The lowest BCUT2D eigenvalue weighted by molar-refractivity contribution is -0.137. The molecule has 2 aromatic rings. The maximum Gasteiger partial charge on any atom is 0.416 e. The van der Waals surface area contributed by atoms with E-state index in [1.165, 1.54) is 6.07 Å². The van der Waals surface area contributed by atoms with Crippen molar-refractivity contribution < 1.29 is 27.4 Å². The van der Waals surface area contributed by atoms with E-state index in [1.54, 1.807) is 32.4 Å². The van der Waals surface area contributed by atoms with Crippen LogP contribution < -0.4 is 14.2 Å². The van der Waals surface area contributed by atoms with Gasteiger partial charge in [-0.25, -0.2) is 0 Å². The molecule has 31 heavy (non-hydrogen) atoms. The van der Waals surface area contributed by atoms with Crippen LogP contribution in [0.2, 0.25) is 0 Å². The summed E-state index contributed by atoms with van der Waals surface area (Å²) in [6.45, 7) is 4.63. The van der Waals surface area contributed by atoms with Crippen LogP contribution in [0.25, 0.3) is 0 Å². The Hall–Kier alpha value is -2.45. The van der Waals surface area contributed by atoms with Crippen LogP contribution in [0.5, 0.6) is 17.2 Å². The highest BCUT2D eigenvalue weighted by molar-refractivity contribution is 5.42. The Morgan fingerprint density at radius 1 is 0.935 bits per heavy atom. The monoisotopic (exact) mass is 438 g/mol. The second-order valence-corrected chi connectivity index (χ2v) is 7.67. The number of benzene rings is 2. The molecular weight excluding hydrogens is 409 g/mol. The van der Waals surface area contributed by atoms with Crippen molar-refractivity contribution in [3.05, 3.63) is 53.6 Å². The molecular formula is C23H29F3N2O3. The van der Waals surface area contributed by atoms with Gasteiger partial charge in [-0.3, -0.25) is 0 Å². The summed E-state index contributed by atoms with van der Waals surface area (Å²) < 4.78 is 56.5. The molecule has 0 unspecified atom stereocenters. The van der Waals surface area contributed by atoms with Crippen LogP contribution in [0.15, 0.2) is 42.5 Å². The van der Waals surface area contributed by atoms with Gasteiger partial charge in [0.2, 0.25) is 0 Å². The van der Waals surface area contributed by atoms with Crippen molar-refractivity contribution in [2.75, 3.05) is 54.0 Å². The lowest BCUT2D eigenvalue weighted by Crippen LogP contribution is -2.45. The molecule has 0 amide bonds. The van der Waals surface area contributed by atoms with Crippen LogP contribution in [0.4, 0.5) is 13.2 Å². The zero-order valence-electron chi connectivity index (χ0n) is 18.1. The van der Waals surface area contributed by atoms with Gasteiger partial charge in [-0.15, -0.1) is 0 Å². The Bertz CT molecular complexity index is 852. The molecule has 0 radical (unpaired) electrons. The van der Waals surface area contributed by atoms with E-state index in [-0.39, 0.29) is 5.75 Å². The van der Waals surface area contributed by atoms with E-state index in [9.17, 15) is 13.2 Å². The standard InChI is InChI=1S/C23H29F3N2O3/c1-27-11-13-28(14-12-27)10-9-22(20-16-18(29-2)7-8-21(20)30-3)31-19-6-4-5-17(15-19)23(24,25)26/h4-8,15-16,22H,9-14H2,1-3H3/t22-/m0/s1. The fourth-order valence-electron chi connectivity index (χ4n) is 3.65. The largest absolute Gasteiger partial charge is 0.497 e. The van der Waals surface area contributed by atoms with Crippen molar-refractivity contribution in [2.24, 2.45) is 0 Å². The molecule has 0 aliphatic carbocycles. The second-order valence-electron chi connectivity index (χ2n) is 7.67. The molecule has 1 atom stereocenters. The van der Waals surface area contributed by atoms with Gasteiger partial charge in [0, 0.05) is 44.7 Å². The van der Waals surface area contributed by atoms with Gasteiger partial charge in [0.05, 0.1) is 19.8 Å². The molecule has 1 aliphatic rings. The van der Waals surface area contributed by atoms with E-state index in [1.807, 2.05) is 6.07 Å². The normalized spacial score (nSPS) is 16.7. The molecule has 0 saturated carbocycles. The van der Waals surface area contributed by atoms with Crippen LogP contribution >= 0.6 is 0 Å². The Morgan fingerprint density at radius 2 is 1.68 bits per heavy atom. The summed E-state index contributed by atoms with van der Waals surface area (Å²) in [6.07, 6.45) is -4.32. The van der Waals surface area contributed by atoms with Gasteiger partial charge in [-0.05, 0) is 43.4 Å². The third-order valence-corrected chi connectivity index (χ3v) is 5.53. The van der Waals surface area contributed by atoms with E-state index in [2.05, 4.69) is 16.8 Å². The Morgan fingerprint density at radius 3 is 2.32 bits per heavy atom. The van der Waals surface area contributed by atoms with Crippen LogP contribution in [-0.2, 0) is 6.18 Å². The number of likely N-dealkylation sites (N-methyl/N-ethyl adjacent to an activating group) is 1. The first-order valence-electron chi connectivity index (χ1n) is 10.3. The molecule has 0 bridgehead atoms. The molecule has 0 N–H and O–H groups in total. The average molecular weight is 438 g/mol. The minimum absolute atomic E-state index is 0.170. The van der Waals surface area contributed by atoms with Gasteiger partial charge in [0.25, 0.3) is 0 Å². The second kappa shape index (κ2) is 10.2. The number of alkyl halides is 3. The van der Waals surface area contributed by atoms with Gasteiger partial charge in [0.1, 0.15) is 23.4 Å². The van der Waals surface area contributed by atoms with Crippen LogP contribution in [0.1, 0.15) is 23.7 Å². The minimum Gasteiger partial charge on any atom is -0.497 e. The van der Waals surface area contributed by atoms with Crippen molar-refractivity contribution >= 4 is 0 Å². The highest BCUT2D eigenvalue weighted by atomic mass is 19.4. The van der Waals surface area contributed by atoms with Crippen molar-refractivity contribution in [3.63, 3.8) is 0 Å². The first-order valence-corrected chi connectivity index (χ1v) is 10.3. The lowest BCUT2D eigenvalue weighted by Gasteiger charge is -2.33. The van der Waals surface area contributed by atoms with Gasteiger partial charge < -0.3 is 24.0 Å². The quantitative estimate of drug-likeness (QED) is 0.607. The third kappa shape index (κ3) is 6.27. The zero-order chi connectivity index (χ0) is 22.4. The summed E-state index contributed by atoms with van der Waals surface area (Å²) in [7, 11) is 5.23. The highest BCUT2D eigenvalue weighted by Crippen LogP contribution is 2.36. The van der Waals surface area contributed by atoms with E-state index < -0.39 is 17.8 Å². The molecule has 0 aromatic heterocycles. The van der Waals surface area contributed by atoms with Gasteiger partial charge >= 0.3 is 6.18 Å². The zero-order valence-corrected chi connectivity index (χ0v) is 18.1.